The number of carbonyl (C=O) groups excluding carboxylic acids is 6. The molecule has 3 heterocycles. The third kappa shape index (κ3) is 17.6. The number of nitrogens with zero attached hydrogens (tertiary/aromatic N) is 3. The maximum Gasteiger partial charge on any atom is 0.329 e. The molecular weight excluding hydrogens is 871 g/mol. The molecule has 10 atom stereocenters. The van der Waals surface area contributed by atoms with Gasteiger partial charge in [0.05, 0.1) is 25.7 Å². The van der Waals surface area contributed by atoms with Crippen LogP contribution in [0, 0.1) is 23.7 Å². The van der Waals surface area contributed by atoms with Crippen LogP contribution in [0.3, 0.4) is 0 Å². The van der Waals surface area contributed by atoms with Crippen LogP contribution in [0.4, 0.5) is 0 Å². The summed E-state index contributed by atoms with van der Waals surface area (Å²) in [5.41, 5.74) is 0.720. The zero-order valence-electron chi connectivity index (χ0n) is 43.5. The Bertz CT molecular complexity index is 1750. The van der Waals surface area contributed by atoms with Crippen LogP contribution in [0.25, 0.3) is 0 Å². The summed E-state index contributed by atoms with van der Waals surface area (Å²) in [7, 11) is 7.00. The van der Waals surface area contributed by atoms with E-state index in [-0.39, 0.29) is 37.3 Å². The first-order chi connectivity index (χ1) is 32.1. The van der Waals surface area contributed by atoms with Crippen LogP contribution in [0.5, 0.6) is 5.75 Å². The maximum absolute atomic E-state index is 14.7. The number of esters is 1. The minimum Gasteiger partial charge on any atom is -0.497 e. The summed E-state index contributed by atoms with van der Waals surface area (Å²) in [6, 6.07) is 1.00. The molecule has 1 aromatic carbocycles. The zero-order chi connectivity index (χ0) is 50.8. The van der Waals surface area contributed by atoms with Crippen molar-refractivity contribution in [3.8, 4) is 5.75 Å². The summed E-state index contributed by atoms with van der Waals surface area (Å²) in [6.07, 6.45) is 2.30. The second-order valence-electron chi connectivity index (χ2n) is 20.5. The summed E-state index contributed by atoms with van der Waals surface area (Å²) in [6.45, 7) is 19.7. The van der Waals surface area contributed by atoms with Crippen molar-refractivity contribution in [1.82, 2.24) is 36.0 Å². The number of fused-ring (bicyclic) bond motifs is 1. The molecule has 0 saturated carbocycles. The number of ether oxygens (including phenoxy) is 3. The van der Waals surface area contributed by atoms with Gasteiger partial charge in [-0.3, -0.25) is 24.0 Å². The second kappa shape index (κ2) is 28.4. The highest BCUT2D eigenvalue weighted by Crippen LogP contribution is 2.25. The number of rotatable bonds is 14. The van der Waals surface area contributed by atoms with Crippen molar-refractivity contribution in [2.75, 3.05) is 54.6 Å². The SMILES string of the molecule is C1CCOC1.CC[C@H](C)[C@H]1NC(=O)[C@@H](NC[C@@H](CC(C)C)N(C)C)[C@@H](C)OC(=O)[C@H](Cc2ccc(OC)cc2)N(C)C(=O)[C@@H]2CCCN2C(=O)[C@H](CC(C)C)NC(=O)[C@H](C(C)C)NC(=O)C[C@@H]1O. The molecular formula is C51H87N7O10. The van der Waals surface area contributed by atoms with Gasteiger partial charge in [0, 0.05) is 45.8 Å². The van der Waals surface area contributed by atoms with E-state index >= 15 is 0 Å². The Balaban J connectivity index is 0.00000229. The van der Waals surface area contributed by atoms with E-state index in [1.165, 1.54) is 29.7 Å². The van der Waals surface area contributed by atoms with Crippen LogP contribution in [0.1, 0.15) is 119 Å². The fourth-order valence-electron chi connectivity index (χ4n) is 9.00. The van der Waals surface area contributed by atoms with Crippen molar-refractivity contribution in [1.29, 1.82) is 0 Å². The molecule has 0 spiro atoms. The van der Waals surface area contributed by atoms with E-state index in [1.54, 1.807) is 52.1 Å². The smallest absolute Gasteiger partial charge is 0.329 e. The van der Waals surface area contributed by atoms with E-state index in [4.69, 9.17) is 14.2 Å². The number of aliphatic hydroxyl groups excluding tert-OH is 1. The number of hydrogen-bond donors (Lipinski definition) is 5. The van der Waals surface area contributed by atoms with E-state index in [0.29, 0.717) is 37.5 Å². The van der Waals surface area contributed by atoms with Gasteiger partial charge in [-0.05, 0) is 101 Å². The first-order valence-corrected chi connectivity index (χ1v) is 25.1. The molecule has 0 aromatic heterocycles. The minimum absolute atomic E-state index is 0.0142. The quantitative estimate of drug-likeness (QED) is 0.169. The molecule has 0 aliphatic carbocycles. The number of carbonyl (C=O) groups is 6. The molecule has 0 radical (unpaired) electrons. The van der Waals surface area contributed by atoms with Gasteiger partial charge >= 0.3 is 5.97 Å². The predicted molar refractivity (Wildman–Crippen MR) is 262 cm³/mol. The molecule has 17 nitrogen and oxygen atoms in total. The third-order valence-electron chi connectivity index (χ3n) is 13.4. The number of likely N-dealkylation sites (N-methyl/N-ethyl adjacent to an activating group) is 2. The standard InChI is InChI=1S/C47H79N7O9.C4H8O/c1-14-30(8)41-38(55)25-39(56)50-40(29(6)7)43(57)49-35(23-28(4)5)45(59)54-21-15-16-36(54)46(60)53(12)37(24-32-17-19-34(62-13)20-18-32)47(61)63-31(9)42(44(58)51-41)48-26-33(52(10)11)22-27(2)3;1-2-4-5-3-1/h17-20,27-31,33,35-38,40-42,48,55H,14-16,21-26H2,1-13H3,(H,49,57)(H,50,56)(H,51,58);1-4H2/t30-,31+,33+,35-,36-,37-,38-,40-,41+,42-;/m0./s1. The highest BCUT2D eigenvalue weighted by atomic mass is 16.5. The van der Waals surface area contributed by atoms with Crippen LogP contribution in [-0.2, 0) is 44.7 Å². The van der Waals surface area contributed by atoms with Gasteiger partial charge in [-0.15, -0.1) is 0 Å². The number of benzene rings is 1. The first-order valence-electron chi connectivity index (χ1n) is 25.1. The van der Waals surface area contributed by atoms with Crippen molar-refractivity contribution >= 4 is 35.5 Å². The van der Waals surface area contributed by atoms with Crippen molar-refractivity contribution in [2.24, 2.45) is 23.7 Å². The number of methoxy groups -OCH3 is 1. The zero-order valence-corrected chi connectivity index (χ0v) is 43.5. The Hall–Kier alpha value is -4.32. The van der Waals surface area contributed by atoms with E-state index < -0.39 is 96.3 Å². The van der Waals surface area contributed by atoms with E-state index in [0.717, 1.165) is 25.2 Å². The molecule has 5 amide bonds. The minimum atomic E-state index is -1.35. The van der Waals surface area contributed by atoms with Crippen LogP contribution in [0.15, 0.2) is 24.3 Å². The average molecular weight is 958 g/mol. The lowest BCUT2D eigenvalue weighted by atomic mass is 9.91. The lowest BCUT2D eigenvalue weighted by Crippen LogP contribution is -2.60. The van der Waals surface area contributed by atoms with E-state index in [9.17, 15) is 33.9 Å². The van der Waals surface area contributed by atoms with Gasteiger partial charge in [0.15, 0.2) is 0 Å². The molecule has 0 unspecified atom stereocenters. The average Bonchev–Trinajstić information content (AvgIpc) is 4.04. The number of nitrogens with one attached hydrogen (secondary N) is 4. The van der Waals surface area contributed by atoms with Crippen LogP contribution in [-0.4, -0.2) is 164 Å². The number of hydrogen-bond acceptors (Lipinski definition) is 12. The summed E-state index contributed by atoms with van der Waals surface area (Å²) >= 11 is 0. The largest absolute Gasteiger partial charge is 0.497 e. The number of amides is 5. The molecule has 17 heteroatoms. The monoisotopic (exact) mass is 958 g/mol. The summed E-state index contributed by atoms with van der Waals surface area (Å²) in [4.78, 5) is 90.9. The Morgan fingerprint density at radius 1 is 0.882 bits per heavy atom. The van der Waals surface area contributed by atoms with Crippen molar-refractivity contribution in [3.63, 3.8) is 0 Å². The van der Waals surface area contributed by atoms with Crippen molar-refractivity contribution in [2.45, 2.75) is 175 Å². The highest BCUT2D eigenvalue weighted by Gasteiger charge is 2.43. The molecule has 1 aromatic rings. The summed E-state index contributed by atoms with van der Waals surface area (Å²) < 4.78 is 16.5. The van der Waals surface area contributed by atoms with Gasteiger partial charge in [0.2, 0.25) is 29.5 Å². The fraction of sp³-hybridized carbons (Fsp3) is 0.765. The maximum atomic E-state index is 14.7. The summed E-state index contributed by atoms with van der Waals surface area (Å²) in [5.74, 6) is -3.09. The van der Waals surface area contributed by atoms with Gasteiger partial charge in [-0.1, -0.05) is 73.9 Å². The molecule has 3 aliphatic heterocycles. The Morgan fingerprint density at radius 3 is 2.06 bits per heavy atom. The molecule has 4 rings (SSSR count). The second-order valence-corrected chi connectivity index (χ2v) is 20.5. The molecule has 3 fully saturated rings. The van der Waals surface area contributed by atoms with Gasteiger partial charge < -0.3 is 55.3 Å². The van der Waals surface area contributed by atoms with Crippen molar-refractivity contribution < 1.29 is 48.1 Å². The fourth-order valence-corrected chi connectivity index (χ4v) is 9.00. The highest BCUT2D eigenvalue weighted by molar-refractivity contribution is 5.95. The van der Waals surface area contributed by atoms with Crippen molar-refractivity contribution in [3.05, 3.63) is 29.8 Å². The van der Waals surface area contributed by atoms with Crippen LogP contribution in [0.2, 0.25) is 0 Å². The third-order valence-corrected chi connectivity index (χ3v) is 13.4. The normalized spacial score (nSPS) is 27.2. The molecule has 3 saturated heterocycles. The molecule has 5 N–H and O–H groups in total. The molecule has 68 heavy (non-hydrogen) atoms. The van der Waals surface area contributed by atoms with E-state index in [1.807, 2.05) is 41.8 Å². The first kappa shape index (κ1) is 58.0. The summed E-state index contributed by atoms with van der Waals surface area (Å²) in [5, 5.41) is 23.7. The topological polar surface area (TPSA) is 208 Å². The number of aliphatic hydroxyl groups is 1. The van der Waals surface area contributed by atoms with Gasteiger partial charge in [0.25, 0.3) is 0 Å². The molecule has 0 bridgehead atoms. The van der Waals surface area contributed by atoms with Gasteiger partial charge in [-0.25, -0.2) is 4.79 Å². The molecule has 3 aliphatic rings. The van der Waals surface area contributed by atoms with Gasteiger partial charge in [-0.2, -0.15) is 0 Å². The molecule has 386 valence electrons. The predicted octanol–water partition coefficient (Wildman–Crippen LogP) is 3.69. The Labute approximate surface area is 406 Å². The Morgan fingerprint density at radius 2 is 1.53 bits per heavy atom. The lowest BCUT2D eigenvalue weighted by molar-refractivity contribution is -0.162. The van der Waals surface area contributed by atoms with Gasteiger partial charge in [0.1, 0.15) is 42.1 Å². The number of cyclic esters (lactones) is 1. The lowest BCUT2D eigenvalue weighted by Gasteiger charge is -2.36. The Kier molecular flexibility index (Phi) is 24.2. The van der Waals surface area contributed by atoms with Crippen LogP contribution >= 0.6 is 0 Å². The van der Waals surface area contributed by atoms with E-state index in [2.05, 4.69) is 40.0 Å². The van der Waals surface area contributed by atoms with Crippen LogP contribution < -0.4 is 26.0 Å².